The van der Waals surface area contributed by atoms with Crippen LogP contribution in [0.25, 0.3) is 11.4 Å². The zero-order valence-electron chi connectivity index (χ0n) is 18.0. The third-order valence-corrected chi connectivity index (χ3v) is 6.13. The normalized spacial score (nSPS) is 19.0. The fourth-order valence-electron chi connectivity index (χ4n) is 4.43. The molecule has 3 aromatic rings. The second-order valence-electron chi connectivity index (χ2n) is 8.24. The average Bonchev–Trinajstić information content (AvgIpc) is 3.45. The number of benzene rings is 2. The van der Waals surface area contributed by atoms with Crippen molar-refractivity contribution in [1.29, 1.82) is 0 Å². The van der Waals surface area contributed by atoms with E-state index in [9.17, 15) is 9.59 Å². The number of aryl methyl sites for hydroxylation is 1. The van der Waals surface area contributed by atoms with E-state index >= 15 is 0 Å². The lowest BCUT2D eigenvalue weighted by atomic mass is 10.1. The number of rotatable bonds is 4. The molecule has 0 bridgehead atoms. The number of carbonyl (C=O) groups is 2. The highest BCUT2D eigenvalue weighted by Gasteiger charge is 2.38. The Morgan fingerprint density at radius 3 is 2.47 bits per heavy atom. The number of anilines is 2. The van der Waals surface area contributed by atoms with Gasteiger partial charge >= 0.3 is 0 Å². The van der Waals surface area contributed by atoms with E-state index in [1.54, 1.807) is 11.8 Å². The molecule has 164 valence electrons. The molecule has 2 amide bonds. The van der Waals surface area contributed by atoms with Crippen molar-refractivity contribution in [1.82, 2.24) is 15.0 Å². The van der Waals surface area contributed by atoms with Crippen molar-refractivity contribution in [2.45, 2.75) is 13.3 Å². The van der Waals surface area contributed by atoms with E-state index in [-0.39, 0.29) is 24.2 Å². The van der Waals surface area contributed by atoms with Gasteiger partial charge in [-0.05, 0) is 24.3 Å². The Hall–Kier alpha value is -3.68. The van der Waals surface area contributed by atoms with Gasteiger partial charge in [-0.15, -0.1) is 0 Å². The molecular formula is C24H25N5O3. The molecule has 0 saturated carbocycles. The van der Waals surface area contributed by atoms with E-state index in [0.29, 0.717) is 31.3 Å². The van der Waals surface area contributed by atoms with E-state index in [4.69, 9.17) is 4.52 Å². The summed E-state index contributed by atoms with van der Waals surface area (Å²) in [6.45, 7) is 5.07. The van der Waals surface area contributed by atoms with Crippen LogP contribution in [0.2, 0.25) is 0 Å². The van der Waals surface area contributed by atoms with Gasteiger partial charge in [0.1, 0.15) is 0 Å². The number of piperazine rings is 1. The third-order valence-electron chi connectivity index (χ3n) is 6.13. The first kappa shape index (κ1) is 20.2. The molecule has 0 N–H and O–H groups in total. The number of hydrogen-bond acceptors (Lipinski definition) is 6. The first-order chi connectivity index (χ1) is 15.6. The summed E-state index contributed by atoms with van der Waals surface area (Å²) in [7, 11) is 0. The number of amides is 2. The molecule has 8 nitrogen and oxygen atoms in total. The topological polar surface area (TPSA) is 82.8 Å². The Bertz CT molecular complexity index is 1120. The Morgan fingerprint density at radius 1 is 1.00 bits per heavy atom. The van der Waals surface area contributed by atoms with Crippen LogP contribution >= 0.6 is 0 Å². The maximum atomic E-state index is 13.2. The van der Waals surface area contributed by atoms with Crippen LogP contribution in [0.15, 0.2) is 59.1 Å². The lowest BCUT2D eigenvalue weighted by Gasteiger charge is -2.37. The summed E-state index contributed by atoms with van der Waals surface area (Å²) in [5.74, 6) is 0.689. The number of nitrogens with zero attached hydrogens (tertiary/aromatic N) is 5. The van der Waals surface area contributed by atoms with Crippen molar-refractivity contribution in [2.75, 3.05) is 42.5 Å². The summed E-state index contributed by atoms with van der Waals surface area (Å²) in [6, 6.07) is 17.7. The Balaban J connectivity index is 1.24. The zero-order valence-corrected chi connectivity index (χ0v) is 18.0. The maximum Gasteiger partial charge on any atom is 0.228 e. The van der Waals surface area contributed by atoms with Crippen molar-refractivity contribution >= 4 is 23.2 Å². The molecule has 3 heterocycles. The minimum Gasteiger partial charge on any atom is -0.368 e. The van der Waals surface area contributed by atoms with Gasteiger partial charge in [-0.25, -0.2) is 0 Å². The Labute approximate surface area is 186 Å². The molecule has 8 heteroatoms. The summed E-state index contributed by atoms with van der Waals surface area (Å²) in [4.78, 5) is 36.1. The second kappa shape index (κ2) is 8.45. The molecule has 1 atom stereocenters. The second-order valence-corrected chi connectivity index (χ2v) is 8.24. The van der Waals surface area contributed by atoms with Gasteiger partial charge in [0.25, 0.3) is 0 Å². The quantitative estimate of drug-likeness (QED) is 0.632. The molecular weight excluding hydrogens is 406 g/mol. The number of para-hydroxylation sites is 1. The highest BCUT2D eigenvalue weighted by molar-refractivity contribution is 6.00. The van der Waals surface area contributed by atoms with Gasteiger partial charge in [0.05, 0.1) is 5.92 Å². The first-order valence-electron chi connectivity index (χ1n) is 10.9. The summed E-state index contributed by atoms with van der Waals surface area (Å²) < 4.78 is 5.06. The summed E-state index contributed by atoms with van der Waals surface area (Å²) in [5.41, 5.74) is 2.71. The van der Waals surface area contributed by atoms with Crippen molar-refractivity contribution < 1.29 is 14.1 Å². The Kier molecular flexibility index (Phi) is 5.34. The molecule has 0 aliphatic carbocycles. The molecule has 2 aliphatic rings. The molecule has 2 fully saturated rings. The van der Waals surface area contributed by atoms with Gasteiger partial charge in [0.2, 0.25) is 23.5 Å². The van der Waals surface area contributed by atoms with Gasteiger partial charge in [-0.3, -0.25) is 9.59 Å². The molecule has 2 saturated heterocycles. The molecule has 5 rings (SSSR count). The Morgan fingerprint density at radius 2 is 1.75 bits per heavy atom. The minimum atomic E-state index is -0.318. The van der Waals surface area contributed by atoms with E-state index in [1.165, 1.54) is 5.69 Å². The highest BCUT2D eigenvalue weighted by atomic mass is 16.5. The number of carbonyl (C=O) groups excluding carboxylic acids is 2. The third kappa shape index (κ3) is 3.95. The number of hydrogen-bond donors (Lipinski definition) is 0. The predicted molar refractivity (Wildman–Crippen MR) is 120 cm³/mol. The zero-order chi connectivity index (χ0) is 22.1. The average molecular weight is 431 g/mol. The van der Waals surface area contributed by atoms with Crippen molar-refractivity contribution in [3.05, 3.63) is 60.5 Å². The van der Waals surface area contributed by atoms with Crippen LogP contribution in [0.3, 0.4) is 0 Å². The monoisotopic (exact) mass is 431 g/mol. The lowest BCUT2D eigenvalue weighted by molar-refractivity contribution is -0.136. The largest absolute Gasteiger partial charge is 0.368 e. The molecule has 0 radical (unpaired) electrons. The molecule has 32 heavy (non-hydrogen) atoms. The summed E-state index contributed by atoms with van der Waals surface area (Å²) >= 11 is 0. The smallest absolute Gasteiger partial charge is 0.228 e. The SMILES string of the molecule is Cc1nc(-c2cccc(N3CC(C(=O)N4CCN(c5ccccc5)CC4)CC3=O)c2)no1. The van der Waals surface area contributed by atoms with Crippen molar-refractivity contribution in [3.63, 3.8) is 0 Å². The fourth-order valence-corrected chi connectivity index (χ4v) is 4.43. The van der Waals surface area contributed by atoms with Gasteiger partial charge in [-0.2, -0.15) is 4.98 Å². The molecule has 2 aromatic carbocycles. The van der Waals surface area contributed by atoms with E-state index in [2.05, 4.69) is 27.2 Å². The van der Waals surface area contributed by atoms with Crippen LogP contribution in [0, 0.1) is 12.8 Å². The standard InChI is InChI=1S/C24H25N5O3/c1-17-25-23(26-32-17)18-6-5-9-21(14-18)29-16-19(15-22(29)30)24(31)28-12-10-27(11-13-28)20-7-3-2-4-8-20/h2-9,14,19H,10-13,15-16H2,1H3. The molecule has 0 spiro atoms. The van der Waals surface area contributed by atoms with E-state index in [1.807, 2.05) is 47.4 Å². The summed E-state index contributed by atoms with van der Waals surface area (Å²) in [6.07, 6.45) is 0.239. The van der Waals surface area contributed by atoms with Crippen LogP contribution in [0.4, 0.5) is 11.4 Å². The van der Waals surface area contributed by atoms with Gasteiger partial charge in [0, 0.05) is 63.0 Å². The molecule has 1 aromatic heterocycles. The maximum absolute atomic E-state index is 13.2. The van der Waals surface area contributed by atoms with Gasteiger partial charge in [-0.1, -0.05) is 35.5 Å². The van der Waals surface area contributed by atoms with Crippen LogP contribution in [-0.4, -0.2) is 59.6 Å². The molecule has 1 unspecified atom stereocenters. The number of aromatic nitrogens is 2. The highest BCUT2D eigenvalue weighted by Crippen LogP contribution is 2.29. The minimum absolute atomic E-state index is 0.0345. The van der Waals surface area contributed by atoms with Gasteiger partial charge < -0.3 is 19.2 Å². The lowest BCUT2D eigenvalue weighted by Crippen LogP contribution is -2.50. The van der Waals surface area contributed by atoms with Crippen LogP contribution in [0.1, 0.15) is 12.3 Å². The van der Waals surface area contributed by atoms with Crippen LogP contribution in [0.5, 0.6) is 0 Å². The fraction of sp³-hybridized carbons (Fsp3) is 0.333. The van der Waals surface area contributed by atoms with E-state index in [0.717, 1.165) is 24.3 Å². The van der Waals surface area contributed by atoms with Crippen molar-refractivity contribution in [3.8, 4) is 11.4 Å². The van der Waals surface area contributed by atoms with E-state index < -0.39 is 0 Å². The molecule has 2 aliphatic heterocycles. The van der Waals surface area contributed by atoms with Crippen LogP contribution in [-0.2, 0) is 9.59 Å². The van der Waals surface area contributed by atoms with Gasteiger partial charge in [0.15, 0.2) is 0 Å². The predicted octanol–water partition coefficient (Wildman–Crippen LogP) is 2.75. The first-order valence-corrected chi connectivity index (χ1v) is 10.9. The van der Waals surface area contributed by atoms with Crippen LogP contribution < -0.4 is 9.80 Å². The van der Waals surface area contributed by atoms with Crippen molar-refractivity contribution in [2.24, 2.45) is 5.92 Å². The summed E-state index contributed by atoms with van der Waals surface area (Å²) in [5, 5.41) is 3.95.